The van der Waals surface area contributed by atoms with Gasteiger partial charge < -0.3 is 4.90 Å². The highest BCUT2D eigenvalue weighted by Gasteiger charge is 2.42. The van der Waals surface area contributed by atoms with Gasteiger partial charge in [0, 0.05) is 18.5 Å². The van der Waals surface area contributed by atoms with Gasteiger partial charge in [0.05, 0.1) is 11.5 Å². The minimum Gasteiger partial charge on any atom is -0.336 e. The molecule has 0 spiro atoms. The van der Waals surface area contributed by atoms with Crippen molar-refractivity contribution in [1.82, 2.24) is 4.90 Å². The van der Waals surface area contributed by atoms with Crippen LogP contribution in [0.15, 0.2) is 0 Å². The highest BCUT2D eigenvalue weighted by molar-refractivity contribution is 7.91. The van der Waals surface area contributed by atoms with Gasteiger partial charge >= 0.3 is 0 Å². The molecule has 1 atom stereocenters. The second kappa shape index (κ2) is 4.51. The molecule has 1 saturated heterocycles. The van der Waals surface area contributed by atoms with Crippen molar-refractivity contribution >= 4 is 15.7 Å². The molecule has 2 fully saturated rings. The normalized spacial score (nSPS) is 27.2. The third kappa shape index (κ3) is 3.46. The standard InChI is InChI=1S/C13H23NO3S/c1-13(2,3)8-12(15)14(10-4-5-10)11-6-7-18(16,17)9-11/h10-11H,4-9H2,1-3H3. The van der Waals surface area contributed by atoms with Crippen molar-refractivity contribution in [2.24, 2.45) is 5.41 Å². The molecule has 5 heteroatoms. The molecule has 1 saturated carbocycles. The van der Waals surface area contributed by atoms with Gasteiger partial charge in [0.15, 0.2) is 9.84 Å². The van der Waals surface area contributed by atoms with Crippen LogP contribution in [0.25, 0.3) is 0 Å². The maximum Gasteiger partial charge on any atom is 0.223 e. The fourth-order valence-electron chi connectivity index (χ4n) is 2.60. The van der Waals surface area contributed by atoms with Crippen LogP contribution in [0.5, 0.6) is 0 Å². The summed E-state index contributed by atoms with van der Waals surface area (Å²) >= 11 is 0. The zero-order valence-corrected chi connectivity index (χ0v) is 12.3. The van der Waals surface area contributed by atoms with Crippen LogP contribution < -0.4 is 0 Å². The molecule has 0 aromatic heterocycles. The van der Waals surface area contributed by atoms with Gasteiger partial charge in [-0.3, -0.25) is 4.79 Å². The third-order valence-corrected chi connectivity index (χ3v) is 5.26. The van der Waals surface area contributed by atoms with Gasteiger partial charge in [0.1, 0.15) is 0 Å². The number of rotatable bonds is 3. The topological polar surface area (TPSA) is 54.5 Å². The molecule has 0 aromatic rings. The lowest BCUT2D eigenvalue weighted by Crippen LogP contribution is -2.43. The first-order chi connectivity index (χ1) is 8.18. The van der Waals surface area contributed by atoms with Gasteiger partial charge in [-0.1, -0.05) is 20.8 Å². The monoisotopic (exact) mass is 273 g/mol. The SMILES string of the molecule is CC(C)(C)CC(=O)N(C1CC1)C1CCS(=O)(=O)C1. The molecule has 104 valence electrons. The summed E-state index contributed by atoms with van der Waals surface area (Å²) in [6.07, 6.45) is 3.19. The number of carbonyl (C=O) groups excluding carboxylic acids is 1. The molecule has 0 aromatic carbocycles. The van der Waals surface area contributed by atoms with E-state index in [4.69, 9.17) is 0 Å². The lowest BCUT2D eigenvalue weighted by Gasteiger charge is -2.31. The average Bonchev–Trinajstić information content (AvgIpc) is 2.89. The maximum absolute atomic E-state index is 12.4. The molecule has 4 nitrogen and oxygen atoms in total. The average molecular weight is 273 g/mol. The van der Waals surface area contributed by atoms with Crippen LogP contribution in [0.3, 0.4) is 0 Å². The van der Waals surface area contributed by atoms with Crippen molar-refractivity contribution in [1.29, 1.82) is 0 Å². The van der Waals surface area contributed by atoms with Gasteiger partial charge in [-0.15, -0.1) is 0 Å². The Labute approximate surface area is 110 Å². The van der Waals surface area contributed by atoms with Crippen LogP contribution in [-0.4, -0.2) is 42.8 Å². The summed E-state index contributed by atoms with van der Waals surface area (Å²) in [5.74, 6) is 0.537. The fraction of sp³-hybridized carbons (Fsp3) is 0.923. The van der Waals surface area contributed by atoms with E-state index in [1.165, 1.54) is 0 Å². The Kier molecular flexibility index (Phi) is 3.47. The summed E-state index contributed by atoms with van der Waals surface area (Å²) in [6, 6.07) is 0.232. The molecular formula is C13H23NO3S. The lowest BCUT2D eigenvalue weighted by molar-refractivity contribution is -0.135. The molecule has 1 unspecified atom stereocenters. The van der Waals surface area contributed by atoms with Crippen LogP contribution in [0, 0.1) is 5.41 Å². The summed E-state index contributed by atoms with van der Waals surface area (Å²) in [5.41, 5.74) is -0.0400. The number of hydrogen-bond acceptors (Lipinski definition) is 3. The van der Waals surface area contributed by atoms with Crippen molar-refractivity contribution in [2.75, 3.05) is 11.5 Å². The van der Waals surface area contributed by atoms with Gasteiger partial charge in [-0.2, -0.15) is 0 Å². The third-order valence-electron chi connectivity index (χ3n) is 3.51. The predicted octanol–water partition coefficient (Wildman–Crippen LogP) is 1.60. The maximum atomic E-state index is 12.4. The van der Waals surface area contributed by atoms with Gasteiger partial charge in [0.25, 0.3) is 0 Å². The highest BCUT2D eigenvalue weighted by atomic mass is 32.2. The number of carbonyl (C=O) groups is 1. The summed E-state index contributed by atoms with van der Waals surface area (Å²) in [4.78, 5) is 14.3. The van der Waals surface area contributed by atoms with E-state index in [0.29, 0.717) is 18.9 Å². The second-order valence-corrected chi connectivity index (χ2v) is 9.06. The van der Waals surface area contributed by atoms with E-state index in [-0.39, 0.29) is 28.9 Å². The molecule has 0 radical (unpaired) electrons. The first-order valence-corrected chi connectivity index (χ1v) is 8.52. The minimum absolute atomic E-state index is 0.0400. The van der Waals surface area contributed by atoms with E-state index in [1.807, 2.05) is 25.7 Å². The summed E-state index contributed by atoms with van der Waals surface area (Å²) in [6.45, 7) is 6.13. The Morgan fingerprint density at radius 3 is 2.17 bits per heavy atom. The van der Waals surface area contributed by atoms with Gasteiger partial charge in [0.2, 0.25) is 5.91 Å². The molecule has 0 N–H and O–H groups in total. The van der Waals surface area contributed by atoms with Crippen molar-refractivity contribution < 1.29 is 13.2 Å². The van der Waals surface area contributed by atoms with Crippen LogP contribution in [0.4, 0.5) is 0 Å². The van der Waals surface area contributed by atoms with Crippen molar-refractivity contribution in [3.8, 4) is 0 Å². The Morgan fingerprint density at radius 2 is 1.78 bits per heavy atom. The summed E-state index contributed by atoms with van der Waals surface area (Å²) in [7, 11) is -2.92. The Hall–Kier alpha value is -0.580. The number of sulfone groups is 1. The van der Waals surface area contributed by atoms with E-state index >= 15 is 0 Å². The van der Waals surface area contributed by atoms with Crippen LogP contribution >= 0.6 is 0 Å². The highest BCUT2D eigenvalue weighted by Crippen LogP contribution is 2.34. The van der Waals surface area contributed by atoms with E-state index in [0.717, 1.165) is 12.8 Å². The van der Waals surface area contributed by atoms with E-state index in [1.54, 1.807) is 0 Å². The Morgan fingerprint density at radius 1 is 1.17 bits per heavy atom. The number of nitrogens with zero attached hydrogens (tertiary/aromatic N) is 1. The van der Waals surface area contributed by atoms with E-state index in [2.05, 4.69) is 0 Å². The Balaban J connectivity index is 2.07. The van der Waals surface area contributed by atoms with Crippen molar-refractivity contribution in [3.05, 3.63) is 0 Å². The van der Waals surface area contributed by atoms with Crippen molar-refractivity contribution in [2.45, 2.75) is 58.5 Å². The molecule has 1 aliphatic carbocycles. The number of amides is 1. The molecule has 2 aliphatic rings. The summed E-state index contributed by atoms with van der Waals surface area (Å²) < 4.78 is 23.1. The van der Waals surface area contributed by atoms with E-state index < -0.39 is 9.84 Å². The molecule has 1 amide bonds. The second-order valence-electron chi connectivity index (χ2n) is 6.83. The number of hydrogen-bond donors (Lipinski definition) is 0. The van der Waals surface area contributed by atoms with Crippen LogP contribution in [0.2, 0.25) is 0 Å². The molecule has 2 rings (SSSR count). The van der Waals surface area contributed by atoms with Crippen LogP contribution in [-0.2, 0) is 14.6 Å². The molecular weight excluding hydrogens is 250 g/mol. The first-order valence-electron chi connectivity index (χ1n) is 6.69. The molecule has 0 bridgehead atoms. The quantitative estimate of drug-likeness (QED) is 0.785. The van der Waals surface area contributed by atoms with Gasteiger partial charge in [-0.25, -0.2) is 8.42 Å². The largest absolute Gasteiger partial charge is 0.336 e. The predicted molar refractivity (Wildman–Crippen MR) is 71.0 cm³/mol. The molecule has 18 heavy (non-hydrogen) atoms. The molecule has 1 aliphatic heterocycles. The van der Waals surface area contributed by atoms with Crippen molar-refractivity contribution in [3.63, 3.8) is 0 Å². The summed E-state index contributed by atoms with van der Waals surface area (Å²) in [5, 5.41) is 0. The fourth-order valence-corrected chi connectivity index (χ4v) is 4.31. The lowest BCUT2D eigenvalue weighted by atomic mass is 9.91. The smallest absolute Gasteiger partial charge is 0.223 e. The Bertz CT molecular complexity index is 432. The first kappa shape index (κ1) is 13.8. The van der Waals surface area contributed by atoms with Gasteiger partial charge in [-0.05, 0) is 24.7 Å². The minimum atomic E-state index is -2.92. The zero-order chi connectivity index (χ0) is 13.6. The zero-order valence-electron chi connectivity index (χ0n) is 11.5. The van der Waals surface area contributed by atoms with Crippen LogP contribution in [0.1, 0.15) is 46.5 Å². The molecule has 1 heterocycles. The van der Waals surface area contributed by atoms with E-state index in [9.17, 15) is 13.2 Å².